The molecule has 156 valence electrons. The molecule has 2 N–H and O–H groups in total. The number of nitrogens with zero attached hydrogens (tertiary/aromatic N) is 1. The Kier molecular flexibility index (Phi) is 7.33. The van der Waals surface area contributed by atoms with Crippen LogP contribution >= 0.6 is 23.1 Å². The number of carbonyl (C=O) groups excluding carboxylic acids is 2. The van der Waals surface area contributed by atoms with Crippen LogP contribution in [0.3, 0.4) is 0 Å². The van der Waals surface area contributed by atoms with Crippen LogP contribution in [0.2, 0.25) is 0 Å². The zero-order valence-corrected chi connectivity index (χ0v) is 18.4. The van der Waals surface area contributed by atoms with Gasteiger partial charge in [-0.3, -0.25) is 9.59 Å². The van der Waals surface area contributed by atoms with Gasteiger partial charge in [0.2, 0.25) is 15.9 Å². The van der Waals surface area contributed by atoms with E-state index >= 15 is 0 Å². The van der Waals surface area contributed by atoms with Gasteiger partial charge in [0, 0.05) is 31.1 Å². The van der Waals surface area contributed by atoms with E-state index in [1.54, 1.807) is 24.1 Å². The predicted molar refractivity (Wildman–Crippen MR) is 116 cm³/mol. The molecule has 29 heavy (non-hydrogen) atoms. The lowest BCUT2D eigenvalue weighted by molar-refractivity contribution is -0.122. The summed E-state index contributed by atoms with van der Waals surface area (Å²) in [5, 5.41) is 6.96. The smallest absolute Gasteiger partial charge is 0.263 e. The fourth-order valence-electron chi connectivity index (χ4n) is 2.86. The molecule has 0 aliphatic carbocycles. The average Bonchev–Trinajstić information content (AvgIpc) is 3.24. The summed E-state index contributed by atoms with van der Waals surface area (Å²) in [5.41, 5.74) is 0.950. The molecule has 1 atom stereocenters. The van der Waals surface area contributed by atoms with E-state index in [9.17, 15) is 18.0 Å². The van der Waals surface area contributed by atoms with Gasteiger partial charge in [0.1, 0.15) is 15.8 Å². The van der Waals surface area contributed by atoms with Gasteiger partial charge in [0.05, 0.1) is 0 Å². The van der Waals surface area contributed by atoms with Gasteiger partial charge < -0.3 is 10.6 Å². The number of amides is 2. The van der Waals surface area contributed by atoms with Crippen LogP contribution in [-0.2, 0) is 21.4 Å². The summed E-state index contributed by atoms with van der Waals surface area (Å²) in [6.07, 6.45) is 0. The van der Waals surface area contributed by atoms with Gasteiger partial charge in [-0.05, 0) is 23.9 Å². The summed E-state index contributed by atoms with van der Waals surface area (Å²) in [6.45, 7) is 2.79. The van der Waals surface area contributed by atoms with Gasteiger partial charge in [-0.25, -0.2) is 8.42 Å². The molecule has 1 aliphatic heterocycles. The Labute approximate surface area is 178 Å². The molecule has 7 nitrogen and oxygen atoms in total. The third-order valence-electron chi connectivity index (χ3n) is 4.47. The Hall–Kier alpha value is -1.88. The minimum absolute atomic E-state index is 0.00351. The Balaban J connectivity index is 1.63. The van der Waals surface area contributed by atoms with Crippen molar-refractivity contribution >= 4 is 44.9 Å². The van der Waals surface area contributed by atoms with Crippen LogP contribution in [0, 0.1) is 0 Å². The molecule has 1 unspecified atom stereocenters. The van der Waals surface area contributed by atoms with Crippen molar-refractivity contribution < 1.29 is 18.0 Å². The van der Waals surface area contributed by atoms with Crippen molar-refractivity contribution in [3.05, 3.63) is 52.2 Å². The molecule has 0 spiro atoms. The second kappa shape index (κ2) is 9.75. The highest BCUT2D eigenvalue weighted by Gasteiger charge is 2.31. The standard InChI is InChI=1S/C19H23N3O4S3/c1-14(18(23)20-13-15-5-3-2-4-6-15)21-19(24)17-16(7-10-28-17)29(25,26)22-8-11-27-12-9-22/h2-7,10,14H,8-9,11-13H2,1H3,(H,20,23)(H,21,24). The van der Waals surface area contributed by atoms with Crippen LogP contribution in [0.4, 0.5) is 0 Å². The van der Waals surface area contributed by atoms with Gasteiger partial charge in [-0.15, -0.1) is 11.3 Å². The van der Waals surface area contributed by atoms with Gasteiger partial charge in [-0.2, -0.15) is 16.1 Å². The Morgan fingerprint density at radius 2 is 1.83 bits per heavy atom. The maximum atomic E-state index is 12.9. The molecular weight excluding hydrogens is 430 g/mol. The number of hydrogen-bond acceptors (Lipinski definition) is 6. The van der Waals surface area contributed by atoms with Crippen molar-refractivity contribution in [2.75, 3.05) is 24.6 Å². The Morgan fingerprint density at radius 1 is 1.14 bits per heavy atom. The molecule has 0 radical (unpaired) electrons. The molecule has 2 aromatic rings. The first-order chi connectivity index (χ1) is 13.9. The van der Waals surface area contributed by atoms with Gasteiger partial charge in [-0.1, -0.05) is 30.3 Å². The summed E-state index contributed by atoms with van der Waals surface area (Å²) in [5.74, 6) is 0.580. The quantitative estimate of drug-likeness (QED) is 0.668. The molecule has 2 heterocycles. The van der Waals surface area contributed by atoms with Crippen LogP contribution < -0.4 is 10.6 Å². The first-order valence-corrected chi connectivity index (χ1v) is 12.6. The van der Waals surface area contributed by atoms with E-state index in [0.29, 0.717) is 19.6 Å². The molecule has 1 aromatic heterocycles. The predicted octanol–water partition coefficient (Wildman–Crippen LogP) is 1.92. The number of thioether (sulfide) groups is 1. The van der Waals surface area contributed by atoms with Crippen LogP contribution in [0.25, 0.3) is 0 Å². The van der Waals surface area contributed by atoms with E-state index in [-0.39, 0.29) is 15.7 Å². The lowest BCUT2D eigenvalue weighted by atomic mass is 10.2. The van der Waals surface area contributed by atoms with E-state index in [1.165, 1.54) is 10.4 Å². The third-order valence-corrected chi connectivity index (χ3v) is 8.40. The number of sulfonamides is 1. The monoisotopic (exact) mass is 453 g/mol. The Morgan fingerprint density at radius 3 is 2.52 bits per heavy atom. The van der Waals surface area contributed by atoms with E-state index in [4.69, 9.17) is 0 Å². The highest BCUT2D eigenvalue weighted by molar-refractivity contribution is 7.99. The minimum Gasteiger partial charge on any atom is -0.350 e. The maximum absolute atomic E-state index is 12.9. The Bertz CT molecular complexity index is 954. The second-order valence-corrected chi connectivity index (χ2v) is 10.6. The van der Waals surface area contributed by atoms with Crippen molar-refractivity contribution in [1.82, 2.24) is 14.9 Å². The molecule has 2 amide bonds. The number of carbonyl (C=O) groups is 2. The number of thiophene rings is 1. The van der Waals surface area contributed by atoms with Crippen molar-refractivity contribution in [2.24, 2.45) is 0 Å². The summed E-state index contributed by atoms with van der Waals surface area (Å²) in [4.78, 5) is 25.1. The fourth-order valence-corrected chi connectivity index (χ4v) is 6.74. The lowest BCUT2D eigenvalue weighted by Crippen LogP contribution is -2.45. The zero-order valence-electron chi connectivity index (χ0n) is 16.0. The molecule has 1 fully saturated rings. The summed E-state index contributed by atoms with van der Waals surface area (Å²) < 4.78 is 27.2. The van der Waals surface area contributed by atoms with Crippen molar-refractivity contribution in [3.8, 4) is 0 Å². The maximum Gasteiger partial charge on any atom is 0.263 e. The third kappa shape index (κ3) is 5.39. The average molecular weight is 454 g/mol. The van der Waals surface area contributed by atoms with Crippen LogP contribution in [0.5, 0.6) is 0 Å². The SMILES string of the molecule is CC(NC(=O)c1sccc1S(=O)(=O)N1CCSCC1)C(=O)NCc1ccccc1. The van der Waals surface area contributed by atoms with Crippen LogP contribution in [0.15, 0.2) is 46.7 Å². The molecule has 3 rings (SSSR count). The first-order valence-electron chi connectivity index (χ1n) is 9.17. The summed E-state index contributed by atoms with van der Waals surface area (Å²) in [7, 11) is -3.73. The summed E-state index contributed by atoms with van der Waals surface area (Å²) in [6, 6.07) is 10.1. The minimum atomic E-state index is -3.73. The molecule has 0 bridgehead atoms. The number of benzene rings is 1. The van der Waals surface area contributed by atoms with Crippen molar-refractivity contribution in [1.29, 1.82) is 0 Å². The largest absolute Gasteiger partial charge is 0.350 e. The normalized spacial score (nSPS) is 16.2. The molecule has 1 saturated heterocycles. The van der Waals surface area contributed by atoms with Gasteiger partial charge >= 0.3 is 0 Å². The highest BCUT2D eigenvalue weighted by atomic mass is 32.2. The zero-order chi connectivity index (χ0) is 20.9. The molecule has 1 aliphatic rings. The van der Waals surface area contributed by atoms with E-state index < -0.39 is 22.0 Å². The number of rotatable bonds is 7. The van der Waals surface area contributed by atoms with E-state index in [0.717, 1.165) is 28.4 Å². The molecule has 10 heteroatoms. The highest BCUT2D eigenvalue weighted by Crippen LogP contribution is 2.27. The first kappa shape index (κ1) is 21.8. The number of hydrogen-bond donors (Lipinski definition) is 2. The van der Waals surface area contributed by atoms with Crippen LogP contribution in [-0.4, -0.2) is 55.2 Å². The van der Waals surface area contributed by atoms with Gasteiger partial charge in [0.25, 0.3) is 5.91 Å². The summed E-state index contributed by atoms with van der Waals surface area (Å²) >= 11 is 2.77. The second-order valence-electron chi connectivity index (χ2n) is 6.53. The van der Waals surface area contributed by atoms with E-state index in [1.807, 2.05) is 30.3 Å². The van der Waals surface area contributed by atoms with Gasteiger partial charge in [0.15, 0.2) is 0 Å². The van der Waals surface area contributed by atoms with E-state index in [2.05, 4.69) is 10.6 Å². The van der Waals surface area contributed by atoms with Crippen LogP contribution in [0.1, 0.15) is 22.2 Å². The lowest BCUT2D eigenvalue weighted by Gasteiger charge is -2.25. The fraction of sp³-hybridized carbons (Fsp3) is 0.368. The van der Waals surface area contributed by atoms with Crippen molar-refractivity contribution in [2.45, 2.75) is 24.4 Å². The molecular formula is C19H23N3O4S3. The molecule has 0 saturated carbocycles. The molecule has 1 aromatic carbocycles. The topological polar surface area (TPSA) is 95.6 Å². The number of nitrogens with one attached hydrogen (secondary N) is 2. The van der Waals surface area contributed by atoms with Crippen molar-refractivity contribution in [3.63, 3.8) is 0 Å².